The smallest absolute Gasteiger partial charge is 0.131 e. The van der Waals surface area contributed by atoms with Gasteiger partial charge in [0.1, 0.15) is 0 Å². The molecule has 0 aliphatic carbocycles. The SMILES string of the molecule is CCCCC(CC)(CCCC)C(C)CC.O=[P+](O)O[P+](=O)O. The number of hydrogen-bond acceptors (Lipinski definition) is 3. The van der Waals surface area contributed by atoms with E-state index >= 15 is 0 Å². The Morgan fingerprint density at radius 3 is 1.55 bits per heavy atom. The van der Waals surface area contributed by atoms with Crippen LogP contribution in [0.4, 0.5) is 0 Å². The highest BCUT2D eigenvalue weighted by molar-refractivity contribution is 7.46. The maximum absolute atomic E-state index is 9.39. The Bertz CT molecular complexity index is 290. The molecule has 0 aliphatic heterocycles. The molecule has 0 heterocycles. The van der Waals surface area contributed by atoms with Gasteiger partial charge in [0, 0.05) is 9.13 Å². The van der Waals surface area contributed by atoms with E-state index in [1.54, 1.807) is 0 Å². The van der Waals surface area contributed by atoms with Crippen molar-refractivity contribution in [2.45, 2.75) is 86.0 Å². The summed E-state index contributed by atoms with van der Waals surface area (Å²) in [7, 11) is -5.85. The van der Waals surface area contributed by atoms with Crippen molar-refractivity contribution < 1.29 is 23.2 Å². The molecule has 0 aromatic rings. The minimum Gasteiger partial charge on any atom is -0.131 e. The molecule has 0 aliphatic rings. The van der Waals surface area contributed by atoms with Crippen LogP contribution in [0.2, 0.25) is 0 Å². The van der Waals surface area contributed by atoms with Crippen LogP contribution in [0.5, 0.6) is 0 Å². The first kappa shape index (κ1) is 24.3. The van der Waals surface area contributed by atoms with Crippen LogP contribution in [-0.2, 0) is 13.4 Å². The van der Waals surface area contributed by atoms with Crippen LogP contribution in [0, 0.1) is 11.3 Å². The zero-order valence-electron chi connectivity index (χ0n) is 14.7. The molecule has 7 heteroatoms. The highest BCUT2D eigenvalue weighted by Gasteiger charge is 2.32. The summed E-state index contributed by atoms with van der Waals surface area (Å²) in [5, 5.41) is 0. The van der Waals surface area contributed by atoms with Gasteiger partial charge >= 0.3 is 16.5 Å². The van der Waals surface area contributed by atoms with E-state index in [0.29, 0.717) is 5.41 Å². The summed E-state index contributed by atoms with van der Waals surface area (Å²) in [5.74, 6) is 0.903. The van der Waals surface area contributed by atoms with E-state index in [4.69, 9.17) is 9.79 Å². The first-order valence-corrected chi connectivity index (χ1v) is 10.6. The largest absolute Gasteiger partial charge is 0.745 e. The highest BCUT2D eigenvalue weighted by Crippen LogP contribution is 2.43. The first-order valence-electron chi connectivity index (χ1n) is 8.29. The van der Waals surface area contributed by atoms with Gasteiger partial charge in [0.25, 0.3) is 0 Å². The van der Waals surface area contributed by atoms with Crippen LogP contribution < -0.4 is 0 Å². The van der Waals surface area contributed by atoms with Gasteiger partial charge in [-0.3, -0.25) is 0 Å². The van der Waals surface area contributed by atoms with E-state index in [2.05, 4.69) is 38.9 Å². The summed E-state index contributed by atoms with van der Waals surface area (Å²) >= 11 is 0. The predicted octanol–water partition coefficient (Wildman–Crippen LogP) is 6.11. The van der Waals surface area contributed by atoms with Crippen LogP contribution in [0.25, 0.3) is 0 Å². The van der Waals surface area contributed by atoms with Crippen molar-refractivity contribution >= 4 is 16.5 Å². The quantitative estimate of drug-likeness (QED) is 0.436. The zero-order chi connectivity index (χ0) is 17.6. The second-order valence-electron chi connectivity index (χ2n) is 5.79. The van der Waals surface area contributed by atoms with Crippen molar-refractivity contribution in [3.63, 3.8) is 0 Å². The Morgan fingerprint density at radius 2 is 1.36 bits per heavy atom. The Labute approximate surface area is 137 Å². The number of hydrogen-bond donors (Lipinski definition) is 2. The summed E-state index contributed by atoms with van der Waals surface area (Å²) in [6.07, 6.45) is 11.2. The zero-order valence-corrected chi connectivity index (χ0v) is 16.5. The molecule has 5 nitrogen and oxygen atoms in total. The van der Waals surface area contributed by atoms with Gasteiger partial charge in [-0.05, 0) is 24.2 Å². The van der Waals surface area contributed by atoms with Gasteiger partial charge in [0.2, 0.25) is 0 Å². The Kier molecular flexibility index (Phi) is 16.2. The maximum Gasteiger partial charge on any atom is 0.745 e. The van der Waals surface area contributed by atoms with Gasteiger partial charge in [0.05, 0.1) is 0 Å². The fourth-order valence-electron chi connectivity index (χ4n) is 2.87. The lowest BCUT2D eigenvalue weighted by Crippen LogP contribution is -2.28. The van der Waals surface area contributed by atoms with E-state index in [-0.39, 0.29) is 0 Å². The maximum atomic E-state index is 9.39. The fraction of sp³-hybridized carbons (Fsp3) is 1.00. The van der Waals surface area contributed by atoms with E-state index in [0.717, 1.165) is 5.92 Å². The normalized spacial score (nSPS) is 14.0. The number of unbranched alkanes of at least 4 members (excludes halogenated alkanes) is 2. The molecule has 0 radical (unpaired) electrons. The third kappa shape index (κ3) is 11.6. The summed E-state index contributed by atoms with van der Waals surface area (Å²) < 4.78 is 22.2. The summed E-state index contributed by atoms with van der Waals surface area (Å²) in [6.45, 7) is 11.9. The molecule has 3 unspecified atom stereocenters. The first-order chi connectivity index (χ1) is 10.3. The molecular formula is C15H34O5P2+2. The van der Waals surface area contributed by atoms with Gasteiger partial charge in [0.15, 0.2) is 4.31 Å². The van der Waals surface area contributed by atoms with Gasteiger partial charge in [-0.25, -0.2) is 0 Å². The van der Waals surface area contributed by atoms with E-state index in [1.807, 2.05) is 0 Å². The molecule has 132 valence electrons. The van der Waals surface area contributed by atoms with E-state index < -0.39 is 16.5 Å². The fourth-order valence-corrected chi connectivity index (χ4v) is 3.35. The average Bonchev–Trinajstić information content (AvgIpc) is 2.46. The van der Waals surface area contributed by atoms with Crippen LogP contribution in [0.1, 0.15) is 86.0 Å². The topological polar surface area (TPSA) is 83.8 Å². The second kappa shape index (κ2) is 14.7. The van der Waals surface area contributed by atoms with Gasteiger partial charge in [-0.15, -0.1) is 9.79 Å². The third-order valence-corrected chi connectivity index (χ3v) is 5.68. The molecule has 2 N–H and O–H groups in total. The van der Waals surface area contributed by atoms with E-state index in [1.165, 1.54) is 51.4 Å². The van der Waals surface area contributed by atoms with Crippen molar-refractivity contribution in [1.29, 1.82) is 0 Å². The monoisotopic (exact) mass is 356 g/mol. The van der Waals surface area contributed by atoms with Crippen molar-refractivity contribution in [2.24, 2.45) is 11.3 Å². The average molecular weight is 356 g/mol. The van der Waals surface area contributed by atoms with Gasteiger partial charge in [-0.2, -0.15) is 0 Å². The standard InChI is InChI=1S/C15H32.O5P2/c1-6-10-12-15(9-4,13-11-7-2)14(5)8-3;1-6(2)5-7(3)4/h14H,6-13H2,1-5H3;/p+2. The minimum absolute atomic E-state index is 0.654. The van der Waals surface area contributed by atoms with E-state index in [9.17, 15) is 9.13 Å². The molecule has 0 aromatic heterocycles. The lowest BCUT2D eigenvalue weighted by molar-refractivity contribution is 0.121. The van der Waals surface area contributed by atoms with Crippen molar-refractivity contribution in [1.82, 2.24) is 0 Å². The lowest BCUT2D eigenvalue weighted by Gasteiger charge is -2.39. The van der Waals surface area contributed by atoms with Crippen LogP contribution in [0.15, 0.2) is 0 Å². The molecule has 0 aromatic carbocycles. The summed E-state index contributed by atoms with van der Waals surface area (Å²) in [6, 6.07) is 0. The predicted molar refractivity (Wildman–Crippen MR) is 92.0 cm³/mol. The van der Waals surface area contributed by atoms with Crippen molar-refractivity contribution in [3.05, 3.63) is 0 Å². The van der Waals surface area contributed by atoms with Crippen LogP contribution >= 0.6 is 16.5 Å². The molecule has 0 spiro atoms. The van der Waals surface area contributed by atoms with Crippen molar-refractivity contribution in [3.8, 4) is 0 Å². The lowest BCUT2D eigenvalue weighted by atomic mass is 9.67. The summed E-state index contributed by atoms with van der Waals surface area (Å²) in [5.41, 5.74) is 0.654. The molecule has 0 fully saturated rings. The second-order valence-corrected chi connectivity index (χ2v) is 7.39. The highest BCUT2D eigenvalue weighted by atomic mass is 31.2. The van der Waals surface area contributed by atoms with Gasteiger partial charge < -0.3 is 0 Å². The van der Waals surface area contributed by atoms with Crippen LogP contribution in [-0.4, -0.2) is 9.79 Å². The molecule has 22 heavy (non-hydrogen) atoms. The third-order valence-electron chi connectivity index (χ3n) is 4.56. The van der Waals surface area contributed by atoms with Crippen molar-refractivity contribution in [2.75, 3.05) is 0 Å². The molecule has 0 bridgehead atoms. The molecule has 0 saturated carbocycles. The Hall–Kier alpha value is 0.0800. The van der Waals surface area contributed by atoms with Gasteiger partial charge in [-0.1, -0.05) is 73.1 Å². The molecule has 0 rings (SSSR count). The number of rotatable bonds is 11. The summed E-state index contributed by atoms with van der Waals surface area (Å²) in [4.78, 5) is 15.3. The Balaban J connectivity index is 0. The molecule has 3 atom stereocenters. The molecule has 0 saturated heterocycles. The molecule has 0 amide bonds. The minimum atomic E-state index is -2.92. The Morgan fingerprint density at radius 1 is 0.955 bits per heavy atom. The molecular weight excluding hydrogens is 322 g/mol. The van der Waals surface area contributed by atoms with Crippen LogP contribution in [0.3, 0.4) is 0 Å².